The van der Waals surface area contributed by atoms with Gasteiger partial charge in [-0.3, -0.25) is 4.79 Å². The normalized spacial score (nSPS) is 17.1. The van der Waals surface area contributed by atoms with Crippen molar-refractivity contribution < 1.29 is 14.3 Å². The van der Waals surface area contributed by atoms with Gasteiger partial charge < -0.3 is 14.8 Å². The molecule has 0 spiro atoms. The van der Waals surface area contributed by atoms with E-state index in [-0.39, 0.29) is 18.4 Å². The van der Waals surface area contributed by atoms with Crippen LogP contribution in [0.1, 0.15) is 29.0 Å². The fourth-order valence-corrected chi connectivity index (χ4v) is 3.28. The molecule has 0 bridgehead atoms. The molecule has 0 radical (unpaired) electrons. The second-order valence-electron chi connectivity index (χ2n) is 5.83. The number of amides is 1. The van der Waals surface area contributed by atoms with Gasteiger partial charge in [-0.15, -0.1) is 0 Å². The number of aromatic nitrogens is 2. The molecule has 0 saturated heterocycles. The molecule has 2 heterocycles. The molecule has 2 N–H and O–H groups in total. The predicted octanol–water partition coefficient (Wildman–Crippen LogP) is 2.31. The molecule has 1 saturated carbocycles. The molecule has 1 atom stereocenters. The van der Waals surface area contributed by atoms with Crippen LogP contribution in [0.5, 0.6) is 0 Å². The minimum atomic E-state index is -1.15. The Morgan fingerprint density at radius 3 is 2.91 bits per heavy atom. The molecule has 6 nitrogen and oxygen atoms in total. The van der Waals surface area contributed by atoms with Crippen LogP contribution in [0.4, 0.5) is 0 Å². The van der Waals surface area contributed by atoms with E-state index in [1.165, 1.54) is 6.26 Å². The van der Waals surface area contributed by atoms with Crippen molar-refractivity contribution in [2.75, 3.05) is 6.54 Å². The number of furan rings is 1. The number of carbonyl (C=O) groups excluding carboxylic acids is 1. The maximum absolute atomic E-state index is 12.4. The molecule has 0 aliphatic heterocycles. The highest BCUT2D eigenvalue weighted by atomic mass is 32.1. The lowest BCUT2D eigenvalue weighted by Crippen LogP contribution is -2.42. The summed E-state index contributed by atoms with van der Waals surface area (Å²) in [6.07, 6.45) is 3.40. The van der Waals surface area contributed by atoms with Crippen LogP contribution in [-0.2, 0) is 5.60 Å². The van der Waals surface area contributed by atoms with Gasteiger partial charge in [-0.2, -0.15) is 8.75 Å². The van der Waals surface area contributed by atoms with Crippen LogP contribution in [0.2, 0.25) is 0 Å². The monoisotopic (exact) mass is 329 g/mol. The second-order valence-corrected chi connectivity index (χ2v) is 6.35. The lowest BCUT2D eigenvalue weighted by molar-refractivity contribution is -0.00610. The van der Waals surface area contributed by atoms with Gasteiger partial charge in [0.05, 0.1) is 24.5 Å². The molecule has 1 aromatic carbocycles. The lowest BCUT2D eigenvalue weighted by atomic mass is 9.94. The van der Waals surface area contributed by atoms with Crippen molar-refractivity contribution in [3.05, 3.63) is 47.9 Å². The van der Waals surface area contributed by atoms with Crippen LogP contribution >= 0.6 is 11.7 Å². The number of hydrogen-bond acceptors (Lipinski definition) is 6. The molecule has 1 amide bonds. The van der Waals surface area contributed by atoms with Crippen LogP contribution in [0.25, 0.3) is 11.0 Å². The fraction of sp³-hybridized carbons (Fsp3) is 0.312. The molecule has 4 rings (SSSR count). The van der Waals surface area contributed by atoms with Gasteiger partial charge in [-0.1, -0.05) is 0 Å². The van der Waals surface area contributed by atoms with Crippen molar-refractivity contribution in [1.82, 2.24) is 14.1 Å². The highest BCUT2D eigenvalue weighted by molar-refractivity contribution is 7.00. The minimum Gasteiger partial charge on any atom is -0.466 e. The lowest BCUT2D eigenvalue weighted by Gasteiger charge is -2.26. The number of nitrogens with zero attached hydrogens (tertiary/aromatic N) is 2. The first-order valence-corrected chi connectivity index (χ1v) is 8.17. The van der Waals surface area contributed by atoms with Gasteiger partial charge in [0.2, 0.25) is 0 Å². The molecule has 0 unspecified atom stereocenters. The van der Waals surface area contributed by atoms with Crippen molar-refractivity contribution in [2.24, 2.45) is 5.92 Å². The molecular formula is C16H15N3O3S. The Balaban J connectivity index is 1.51. The first kappa shape index (κ1) is 14.3. The summed E-state index contributed by atoms with van der Waals surface area (Å²) in [4.78, 5) is 12.4. The Hall–Kier alpha value is -2.25. The third kappa shape index (κ3) is 2.62. The van der Waals surface area contributed by atoms with Gasteiger partial charge in [-0.05, 0) is 49.1 Å². The Morgan fingerprint density at radius 2 is 2.17 bits per heavy atom. The van der Waals surface area contributed by atoms with E-state index in [9.17, 15) is 9.90 Å². The van der Waals surface area contributed by atoms with E-state index >= 15 is 0 Å². The number of aliphatic hydroxyl groups is 1. The van der Waals surface area contributed by atoms with Gasteiger partial charge in [0.1, 0.15) is 22.4 Å². The van der Waals surface area contributed by atoms with Crippen molar-refractivity contribution >= 4 is 28.7 Å². The van der Waals surface area contributed by atoms with E-state index in [0.29, 0.717) is 16.8 Å². The molecule has 118 valence electrons. The van der Waals surface area contributed by atoms with E-state index in [1.54, 1.807) is 30.3 Å². The summed E-state index contributed by atoms with van der Waals surface area (Å²) in [5.74, 6) is 0.379. The average molecular weight is 329 g/mol. The summed E-state index contributed by atoms with van der Waals surface area (Å²) in [5, 5.41) is 13.7. The third-order valence-electron chi connectivity index (χ3n) is 4.23. The van der Waals surface area contributed by atoms with Crippen LogP contribution in [0.3, 0.4) is 0 Å². The average Bonchev–Trinajstić information content (AvgIpc) is 3.10. The topological polar surface area (TPSA) is 88.2 Å². The summed E-state index contributed by atoms with van der Waals surface area (Å²) >= 11 is 1.12. The maximum Gasteiger partial charge on any atom is 0.251 e. The van der Waals surface area contributed by atoms with Gasteiger partial charge in [-0.25, -0.2) is 0 Å². The molecule has 1 aliphatic carbocycles. The summed E-state index contributed by atoms with van der Waals surface area (Å²) in [6, 6.07) is 8.68. The number of hydrogen-bond donors (Lipinski definition) is 2. The summed E-state index contributed by atoms with van der Waals surface area (Å²) in [6.45, 7) is 0.122. The smallest absolute Gasteiger partial charge is 0.251 e. The van der Waals surface area contributed by atoms with Crippen LogP contribution < -0.4 is 5.32 Å². The molecule has 1 fully saturated rings. The van der Waals surface area contributed by atoms with Gasteiger partial charge in [0.25, 0.3) is 5.91 Å². The second kappa shape index (κ2) is 5.43. The first-order valence-electron chi connectivity index (χ1n) is 7.44. The maximum atomic E-state index is 12.4. The van der Waals surface area contributed by atoms with E-state index < -0.39 is 5.60 Å². The number of nitrogens with one attached hydrogen (secondary N) is 1. The highest BCUT2D eigenvalue weighted by Crippen LogP contribution is 2.45. The molecule has 23 heavy (non-hydrogen) atoms. The Morgan fingerprint density at radius 1 is 1.35 bits per heavy atom. The Labute approximate surface area is 136 Å². The summed E-state index contributed by atoms with van der Waals surface area (Å²) < 4.78 is 13.6. The Bertz CT molecular complexity index is 841. The standard InChI is InChI=1S/C16H15N3O3S/c20-15(10-3-6-12-13(8-10)19-23-18-12)17-9-16(21,11-4-5-11)14-2-1-7-22-14/h1-3,6-8,11,21H,4-5,9H2,(H,17,20)/t16-/m1/s1. The molecule has 3 aromatic rings. The van der Waals surface area contributed by atoms with E-state index in [4.69, 9.17) is 4.42 Å². The number of benzene rings is 1. The van der Waals surface area contributed by atoms with Gasteiger partial charge >= 0.3 is 0 Å². The zero-order valence-corrected chi connectivity index (χ0v) is 13.0. The van der Waals surface area contributed by atoms with Crippen molar-refractivity contribution in [3.8, 4) is 0 Å². The van der Waals surface area contributed by atoms with Crippen LogP contribution in [0, 0.1) is 5.92 Å². The summed E-state index contributed by atoms with van der Waals surface area (Å²) in [7, 11) is 0. The number of rotatable bonds is 5. The summed E-state index contributed by atoms with van der Waals surface area (Å²) in [5.41, 5.74) is 0.830. The third-order valence-corrected chi connectivity index (χ3v) is 4.79. The quantitative estimate of drug-likeness (QED) is 0.750. The van der Waals surface area contributed by atoms with Crippen molar-refractivity contribution in [1.29, 1.82) is 0 Å². The Kier molecular flexibility index (Phi) is 3.39. The number of carbonyl (C=O) groups is 1. The van der Waals surface area contributed by atoms with Gasteiger partial charge in [0.15, 0.2) is 0 Å². The predicted molar refractivity (Wildman–Crippen MR) is 85.1 cm³/mol. The largest absolute Gasteiger partial charge is 0.466 e. The molecule has 7 heteroatoms. The fourth-order valence-electron chi connectivity index (χ4n) is 2.76. The molecule has 1 aliphatic rings. The number of fused-ring (bicyclic) bond motifs is 1. The van der Waals surface area contributed by atoms with Gasteiger partial charge in [0, 0.05) is 5.56 Å². The zero-order chi connectivity index (χ0) is 15.9. The van der Waals surface area contributed by atoms with Crippen molar-refractivity contribution in [3.63, 3.8) is 0 Å². The highest BCUT2D eigenvalue weighted by Gasteiger charge is 2.47. The van der Waals surface area contributed by atoms with E-state index in [2.05, 4.69) is 14.1 Å². The zero-order valence-electron chi connectivity index (χ0n) is 12.2. The van der Waals surface area contributed by atoms with Crippen molar-refractivity contribution in [2.45, 2.75) is 18.4 Å². The van der Waals surface area contributed by atoms with Crippen LogP contribution in [0.15, 0.2) is 41.0 Å². The first-order chi connectivity index (χ1) is 11.2. The minimum absolute atomic E-state index is 0.122. The molecular weight excluding hydrogens is 314 g/mol. The van der Waals surface area contributed by atoms with E-state index in [1.807, 2.05) is 0 Å². The van der Waals surface area contributed by atoms with E-state index in [0.717, 1.165) is 30.1 Å². The van der Waals surface area contributed by atoms with Crippen LogP contribution in [-0.4, -0.2) is 26.3 Å². The SMILES string of the molecule is O=C(NC[C@](O)(c1ccco1)C1CC1)c1ccc2nsnc2c1. The molecule has 2 aromatic heterocycles.